The molecule has 1 fully saturated rings. The molecular weight excluding hydrogens is 316 g/mol. The molecule has 1 atom stereocenters. The van der Waals surface area contributed by atoms with E-state index in [9.17, 15) is 0 Å². The summed E-state index contributed by atoms with van der Waals surface area (Å²) in [7, 11) is 3.22. The maximum atomic E-state index is 5.65. The van der Waals surface area contributed by atoms with Crippen molar-refractivity contribution in [1.29, 1.82) is 0 Å². The third-order valence-corrected chi connectivity index (χ3v) is 3.85. The molecule has 1 saturated heterocycles. The number of ether oxygens (including phenoxy) is 3. The van der Waals surface area contributed by atoms with Gasteiger partial charge in [0.05, 0.1) is 20.4 Å². The molecule has 1 aromatic heterocycles. The molecule has 1 aromatic carbocycles. The van der Waals surface area contributed by atoms with Crippen LogP contribution in [0.15, 0.2) is 23.3 Å². The summed E-state index contributed by atoms with van der Waals surface area (Å²) in [4.78, 5) is 0. The van der Waals surface area contributed by atoms with Crippen molar-refractivity contribution in [2.45, 2.75) is 18.9 Å². The predicted octanol–water partition coefficient (Wildman–Crippen LogP) is 2.69. The van der Waals surface area contributed by atoms with Crippen molar-refractivity contribution in [3.8, 4) is 11.5 Å². The smallest absolute Gasteiger partial charge is 0.216 e. The van der Waals surface area contributed by atoms with Gasteiger partial charge >= 0.3 is 0 Å². The Morgan fingerprint density at radius 1 is 1.35 bits per heavy atom. The molecule has 1 N–H and O–H groups in total. The van der Waals surface area contributed by atoms with E-state index < -0.39 is 0 Å². The average Bonchev–Trinajstić information content (AvgIpc) is 3.22. The number of benzene rings is 1. The highest BCUT2D eigenvalue weighted by Crippen LogP contribution is 2.27. The monoisotopic (exact) mass is 334 g/mol. The van der Waals surface area contributed by atoms with Gasteiger partial charge in [0.15, 0.2) is 5.82 Å². The molecule has 7 nitrogen and oxygen atoms in total. The molecular formula is C15H18N4O3S. The number of nitrogens with zero attached hydrogens (tertiary/aromatic N) is 3. The van der Waals surface area contributed by atoms with E-state index in [1.807, 2.05) is 12.1 Å². The summed E-state index contributed by atoms with van der Waals surface area (Å²) in [6.45, 7) is 0.737. The molecule has 0 amide bonds. The van der Waals surface area contributed by atoms with Gasteiger partial charge in [0, 0.05) is 18.2 Å². The molecule has 0 aliphatic carbocycles. The number of hydrogen-bond acceptors (Lipinski definition) is 6. The van der Waals surface area contributed by atoms with Crippen molar-refractivity contribution in [3.63, 3.8) is 0 Å². The van der Waals surface area contributed by atoms with Gasteiger partial charge in [-0.1, -0.05) is 0 Å². The molecule has 0 saturated carbocycles. The maximum Gasteiger partial charge on any atom is 0.216 e. The maximum absolute atomic E-state index is 5.65. The Morgan fingerprint density at radius 3 is 2.70 bits per heavy atom. The van der Waals surface area contributed by atoms with Crippen LogP contribution in [0.3, 0.4) is 0 Å². The van der Waals surface area contributed by atoms with Crippen LogP contribution in [0.1, 0.15) is 30.3 Å². The van der Waals surface area contributed by atoms with Crippen molar-refractivity contribution in [1.82, 2.24) is 14.9 Å². The minimum Gasteiger partial charge on any atom is -0.497 e. The Labute approximate surface area is 138 Å². The minimum atomic E-state index is -0.0695. The number of H-pyrrole nitrogens is 1. The topological polar surface area (TPSA) is 73.7 Å². The lowest BCUT2D eigenvalue weighted by Crippen LogP contribution is -2.05. The molecule has 23 heavy (non-hydrogen) atoms. The highest BCUT2D eigenvalue weighted by molar-refractivity contribution is 7.71. The summed E-state index contributed by atoms with van der Waals surface area (Å²) in [5.74, 6) is 2.08. The first kappa shape index (κ1) is 15.7. The van der Waals surface area contributed by atoms with Gasteiger partial charge in [-0.05, 0) is 37.2 Å². The molecule has 3 rings (SSSR count). The molecule has 0 spiro atoms. The molecule has 0 radical (unpaired) electrons. The van der Waals surface area contributed by atoms with Gasteiger partial charge in [-0.25, -0.2) is 0 Å². The van der Waals surface area contributed by atoms with Crippen molar-refractivity contribution in [3.05, 3.63) is 34.4 Å². The molecule has 8 heteroatoms. The largest absolute Gasteiger partial charge is 0.497 e. The van der Waals surface area contributed by atoms with Crippen LogP contribution in [0.5, 0.6) is 11.5 Å². The van der Waals surface area contributed by atoms with Crippen LogP contribution in [0.25, 0.3) is 0 Å². The Balaban J connectivity index is 1.91. The lowest BCUT2D eigenvalue weighted by molar-refractivity contribution is 0.102. The number of hydrogen-bond donors (Lipinski definition) is 1. The highest BCUT2D eigenvalue weighted by atomic mass is 32.1. The van der Waals surface area contributed by atoms with Gasteiger partial charge < -0.3 is 14.2 Å². The van der Waals surface area contributed by atoms with Gasteiger partial charge in [0.1, 0.15) is 17.6 Å². The van der Waals surface area contributed by atoms with E-state index in [0.717, 1.165) is 25.0 Å². The van der Waals surface area contributed by atoms with Gasteiger partial charge in [0.25, 0.3) is 0 Å². The van der Waals surface area contributed by atoms with Crippen LogP contribution >= 0.6 is 12.2 Å². The van der Waals surface area contributed by atoms with Crippen LogP contribution in [-0.2, 0) is 4.74 Å². The Kier molecular flexibility index (Phi) is 4.73. The standard InChI is InChI=1S/C15H18N4O3S/c1-20-11-6-10(7-12(8-11)21-2)9-16-19-14(17-18-15(19)23)13-4-3-5-22-13/h6-9,13H,3-5H2,1-2H3,(H,18,23)/b16-9-/t13-/m0/s1. The van der Waals surface area contributed by atoms with Gasteiger partial charge in [0.2, 0.25) is 4.77 Å². The van der Waals surface area contributed by atoms with Crippen LogP contribution in [0, 0.1) is 4.77 Å². The number of aromatic nitrogens is 3. The fourth-order valence-corrected chi connectivity index (χ4v) is 2.62. The van der Waals surface area contributed by atoms with Crippen molar-refractivity contribution in [2.24, 2.45) is 5.10 Å². The Morgan fingerprint density at radius 2 is 2.09 bits per heavy atom. The van der Waals surface area contributed by atoms with E-state index in [2.05, 4.69) is 15.3 Å². The zero-order chi connectivity index (χ0) is 16.2. The van der Waals surface area contributed by atoms with E-state index in [1.165, 1.54) is 0 Å². The lowest BCUT2D eigenvalue weighted by Gasteiger charge is -2.08. The second kappa shape index (κ2) is 6.93. The zero-order valence-corrected chi connectivity index (χ0v) is 13.8. The first-order valence-corrected chi connectivity index (χ1v) is 7.68. The summed E-state index contributed by atoms with van der Waals surface area (Å²) in [6, 6.07) is 5.53. The minimum absolute atomic E-state index is 0.0695. The molecule has 122 valence electrons. The van der Waals surface area contributed by atoms with Crippen molar-refractivity contribution in [2.75, 3.05) is 20.8 Å². The fraction of sp³-hybridized carbons (Fsp3) is 0.400. The normalized spacial score (nSPS) is 17.7. The summed E-state index contributed by atoms with van der Waals surface area (Å²) < 4.78 is 18.2. The number of nitrogens with one attached hydrogen (secondary N) is 1. The summed E-state index contributed by atoms with van der Waals surface area (Å²) in [5.41, 5.74) is 0.836. The summed E-state index contributed by atoms with van der Waals surface area (Å²) in [6.07, 6.45) is 3.55. The van der Waals surface area contributed by atoms with E-state index in [4.69, 9.17) is 26.4 Å². The second-order valence-electron chi connectivity index (χ2n) is 5.09. The molecule has 0 bridgehead atoms. The summed E-state index contributed by atoms with van der Waals surface area (Å²) in [5, 5.41) is 11.4. The predicted molar refractivity (Wildman–Crippen MR) is 87.9 cm³/mol. The third kappa shape index (κ3) is 3.43. The molecule has 2 aromatic rings. The Hall–Kier alpha value is -2.19. The SMILES string of the molecule is COc1cc(/C=N\n2c([C@@H]3CCCO3)n[nH]c2=S)cc(OC)c1. The first-order valence-electron chi connectivity index (χ1n) is 7.27. The summed E-state index contributed by atoms with van der Waals surface area (Å²) >= 11 is 5.25. The van der Waals surface area contributed by atoms with E-state index in [-0.39, 0.29) is 6.10 Å². The van der Waals surface area contributed by atoms with Crippen molar-refractivity contribution >= 4 is 18.4 Å². The molecule has 1 aliphatic rings. The van der Waals surface area contributed by atoms with Gasteiger partial charge in [-0.3, -0.25) is 5.10 Å². The van der Waals surface area contributed by atoms with E-state index >= 15 is 0 Å². The van der Waals surface area contributed by atoms with Crippen LogP contribution in [0.4, 0.5) is 0 Å². The highest BCUT2D eigenvalue weighted by Gasteiger charge is 2.23. The number of methoxy groups -OCH3 is 2. The van der Waals surface area contributed by atoms with Gasteiger partial charge in [-0.15, -0.1) is 0 Å². The van der Waals surface area contributed by atoms with Gasteiger partial charge in [-0.2, -0.15) is 14.9 Å². The van der Waals surface area contributed by atoms with Crippen molar-refractivity contribution < 1.29 is 14.2 Å². The van der Waals surface area contributed by atoms with E-state index in [0.29, 0.717) is 22.1 Å². The Bertz CT molecular complexity index is 740. The van der Waals surface area contributed by atoms with Crippen LogP contribution in [-0.4, -0.2) is 41.9 Å². The van der Waals surface area contributed by atoms with Crippen LogP contribution in [0.2, 0.25) is 0 Å². The zero-order valence-electron chi connectivity index (χ0n) is 13.0. The third-order valence-electron chi connectivity index (χ3n) is 3.59. The number of aromatic amines is 1. The average molecular weight is 334 g/mol. The second-order valence-corrected chi connectivity index (χ2v) is 5.48. The van der Waals surface area contributed by atoms with E-state index in [1.54, 1.807) is 31.2 Å². The molecule has 0 unspecified atom stereocenters. The first-order chi connectivity index (χ1) is 11.2. The van der Waals surface area contributed by atoms with Crippen LogP contribution < -0.4 is 9.47 Å². The molecule has 1 aliphatic heterocycles. The quantitative estimate of drug-likeness (QED) is 0.672. The fourth-order valence-electron chi connectivity index (χ4n) is 2.43. The number of rotatable bonds is 5. The molecule has 2 heterocycles. The lowest BCUT2D eigenvalue weighted by atomic mass is 10.2.